The van der Waals surface area contributed by atoms with Crippen LogP contribution in [0.2, 0.25) is 0 Å². The molecule has 2 rings (SSSR count). The summed E-state index contributed by atoms with van der Waals surface area (Å²) in [6.07, 6.45) is 4.22. The summed E-state index contributed by atoms with van der Waals surface area (Å²) in [7, 11) is 1.66. The molecule has 0 atom stereocenters. The number of methoxy groups -OCH3 is 1. The first-order chi connectivity index (χ1) is 12.4. The van der Waals surface area contributed by atoms with Gasteiger partial charge < -0.3 is 14.9 Å². The topological polar surface area (TPSA) is 66.8 Å². The number of carboxylic acids is 1. The van der Waals surface area contributed by atoms with Crippen LogP contribution in [-0.2, 0) is 10.2 Å². The fraction of sp³-hybridized carbons (Fsp3) is 0.318. The van der Waals surface area contributed by atoms with Crippen molar-refractivity contribution in [2.45, 2.75) is 39.0 Å². The second-order valence-electron chi connectivity index (χ2n) is 6.42. The molecule has 4 nitrogen and oxygen atoms in total. The van der Waals surface area contributed by atoms with Crippen LogP contribution in [0.15, 0.2) is 42.5 Å². The molecule has 0 aliphatic rings. The van der Waals surface area contributed by atoms with Crippen LogP contribution in [0.5, 0.6) is 11.5 Å². The van der Waals surface area contributed by atoms with Crippen molar-refractivity contribution in [2.75, 3.05) is 7.11 Å². The predicted molar refractivity (Wildman–Crippen MR) is 104 cm³/mol. The lowest BCUT2D eigenvalue weighted by Gasteiger charge is -2.34. The van der Waals surface area contributed by atoms with Gasteiger partial charge in [-0.15, -0.1) is 0 Å². The Kier molecular flexibility index (Phi) is 6.09. The molecular formula is C22H26O4. The van der Waals surface area contributed by atoms with E-state index in [1.807, 2.05) is 25.1 Å². The summed E-state index contributed by atoms with van der Waals surface area (Å²) in [6, 6.07) is 11.6. The summed E-state index contributed by atoms with van der Waals surface area (Å²) in [6.45, 7) is 6.31. The number of benzene rings is 2. The second-order valence-corrected chi connectivity index (χ2v) is 6.42. The largest absolute Gasteiger partial charge is 0.507 e. The Morgan fingerprint density at radius 3 is 2.27 bits per heavy atom. The van der Waals surface area contributed by atoms with Crippen molar-refractivity contribution < 1.29 is 19.7 Å². The number of aromatic hydroxyl groups is 1. The average Bonchev–Trinajstić information content (AvgIpc) is 2.63. The molecule has 0 saturated carbocycles. The van der Waals surface area contributed by atoms with Crippen molar-refractivity contribution in [2.24, 2.45) is 0 Å². The highest BCUT2D eigenvalue weighted by atomic mass is 16.5. The molecule has 26 heavy (non-hydrogen) atoms. The molecule has 4 heteroatoms. The molecule has 2 aromatic carbocycles. The Morgan fingerprint density at radius 2 is 1.73 bits per heavy atom. The van der Waals surface area contributed by atoms with Crippen molar-refractivity contribution in [3.63, 3.8) is 0 Å². The van der Waals surface area contributed by atoms with E-state index in [1.165, 1.54) is 11.6 Å². The predicted octanol–water partition coefficient (Wildman–Crippen LogP) is 4.91. The Bertz CT molecular complexity index is 817. The van der Waals surface area contributed by atoms with Gasteiger partial charge in [-0.3, -0.25) is 0 Å². The molecule has 0 radical (unpaired) electrons. The molecule has 2 aromatic rings. The molecule has 0 amide bonds. The third-order valence-corrected chi connectivity index (χ3v) is 5.14. The first-order valence-electron chi connectivity index (χ1n) is 8.77. The minimum atomic E-state index is -1.04. The minimum Gasteiger partial charge on any atom is -0.507 e. The van der Waals surface area contributed by atoms with Crippen molar-refractivity contribution in [1.29, 1.82) is 0 Å². The molecule has 0 heterocycles. The van der Waals surface area contributed by atoms with Crippen molar-refractivity contribution in [1.82, 2.24) is 0 Å². The van der Waals surface area contributed by atoms with E-state index >= 15 is 0 Å². The maximum atomic E-state index is 10.8. The van der Waals surface area contributed by atoms with E-state index in [0.29, 0.717) is 5.56 Å². The van der Waals surface area contributed by atoms with Crippen LogP contribution in [-0.4, -0.2) is 23.3 Å². The van der Waals surface area contributed by atoms with E-state index in [9.17, 15) is 9.90 Å². The molecule has 2 N–H and O–H groups in total. The zero-order valence-electron chi connectivity index (χ0n) is 15.7. The molecule has 0 aliphatic heterocycles. The average molecular weight is 354 g/mol. The highest BCUT2D eigenvalue weighted by molar-refractivity contribution is 5.86. The third-order valence-electron chi connectivity index (χ3n) is 5.14. The Hall–Kier alpha value is -2.75. The van der Waals surface area contributed by atoms with Crippen LogP contribution in [0.25, 0.3) is 6.08 Å². The number of rotatable bonds is 7. The summed E-state index contributed by atoms with van der Waals surface area (Å²) < 4.78 is 5.38. The first-order valence-corrected chi connectivity index (χ1v) is 8.77. The van der Waals surface area contributed by atoms with Gasteiger partial charge in [-0.2, -0.15) is 0 Å². The SMILES string of the molecule is CCC(CC)(c1ccc(OC)c(C)c1)c1ccc(O)c(/C=C/C(=O)O)c1. The molecule has 138 valence electrons. The van der Waals surface area contributed by atoms with E-state index in [2.05, 4.69) is 26.0 Å². The number of hydrogen-bond donors (Lipinski definition) is 2. The number of hydrogen-bond acceptors (Lipinski definition) is 3. The lowest BCUT2D eigenvalue weighted by molar-refractivity contribution is -0.131. The highest BCUT2D eigenvalue weighted by Gasteiger charge is 2.31. The molecule has 0 fully saturated rings. The molecular weight excluding hydrogens is 328 g/mol. The summed E-state index contributed by atoms with van der Waals surface area (Å²) in [5, 5.41) is 18.9. The van der Waals surface area contributed by atoms with E-state index in [-0.39, 0.29) is 11.2 Å². The normalized spacial score (nSPS) is 11.7. The van der Waals surface area contributed by atoms with Crippen LogP contribution in [0.4, 0.5) is 0 Å². The zero-order valence-corrected chi connectivity index (χ0v) is 15.7. The van der Waals surface area contributed by atoms with Gasteiger partial charge in [-0.1, -0.05) is 32.0 Å². The number of phenols is 1. The maximum Gasteiger partial charge on any atom is 0.328 e. The summed E-state index contributed by atoms with van der Waals surface area (Å²) in [4.78, 5) is 10.8. The van der Waals surface area contributed by atoms with Gasteiger partial charge >= 0.3 is 5.97 Å². The van der Waals surface area contributed by atoms with Gasteiger partial charge in [0.05, 0.1) is 7.11 Å². The quantitative estimate of drug-likeness (QED) is 0.693. The van der Waals surface area contributed by atoms with Gasteiger partial charge in [0, 0.05) is 17.1 Å². The van der Waals surface area contributed by atoms with Crippen LogP contribution >= 0.6 is 0 Å². The number of phenolic OH excluding ortho intramolecular Hbond substituents is 1. The Balaban J connectivity index is 2.61. The first kappa shape index (κ1) is 19.6. The molecule has 0 spiro atoms. The van der Waals surface area contributed by atoms with Crippen molar-refractivity contribution in [3.8, 4) is 11.5 Å². The molecule has 0 bridgehead atoms. The highest BCUT2D eigenvalue weighted by Crippen LogP contribution is 2.41. The minimum absolute atomic E-state index is 0.0678. The summed E-state index contributed by atoms with van der Waals surface area (Å²) in [5.74, 6) is -0.123. The monoisotopic (exact) mass is 354 g/mol. The molecule has 0 unspecified atom stereocenters. The van der Waals surface area contributed by atoms with Gasteiger partial charge in [0.25, 0.3) is 0 Å². The summed E-state index contributed by atoms with van der Waals surface area (Å²) in [5.41, 5.74) is 3.58. The van der Waals surface area contributed by atoms with Crippen molar-refractivity contribution >= 4 is 12.0 Å². The van der Waals surface area contributed by atoms with Crippen molar-refractivity contribution in [3.05, 3.63) is 64.7 Å². The lowest BCUT2D eigenvalue weighted by atomic mass is 9.70. The van der Waals surface area contributed by atoms with E-state index in [1.54, 1.807) is 13.2 Å². The third kappa shape index (κ3) is 3.74. The summed E-state index contributed by atoms with van der Waals surface area (Å²) >= 11 is 0. The number of aryl methyl sites for hydroxylation is 1. The number of ether oxygens (including phenoxy) is 1. The van der Waals surface area contributed by atoms with Gasteiger partial charge in [0.2, 0.25) is 0 Å². The van der Waals surface area contributed by atoms with Crippen LogP contribution < -0.4 is 4.74 Å². The van der Waals surface area contributed by atoms with E-state index in [0.717, 1.165) is 35.8 Å². The van der Waals surface area contributed by atoms with Crippen LogP contribution in [0, 0.1) is 6.92 Å². The fourth-order valence-corrected chi connectivity index (χ4v) is 3.56. The zero-order chi connectivity index (χ0) is 19.3. The van der Waals surface area contributed by atoms with Gasteiger partial charge in [-0.05, 0) is 60.7 Å². The standard InChI is InChI=1S/C22H26O4/c1-5-22(6-2,17-9-11-20(26-4)15(3)13-17)18-8-10-19(23)16(14-18)7-12-21(24)25/h7-14,23H,5-6H2,1-4H3,(H,24,25)/b12-7+. The fourth-order valence-electron chi connectivity index (χ4n) is 3.56. The van der Waals surface area contributed by atoms with Gasteiger partial charge in [0.1, 0.15) is 11.5 Å². The van der Waals surface area contributed by atoms with E-state index < -0.39 is 5.97 Å². The molecule has 0 aromatic heterocycles. The smallest absolute Gasteiger partial charge is 0.328 e. The van der Waals surface area contributed by atoms with E-state index in [4.69, 9.17) is 9.84 Å². The van der Waals surface area contributed by atoms with Gasteiger partial charge in [0.15, 0.2) is 0 Å². The Morgan fingerprint density at radius 1 is 1.12 bits per heavy atom. The molecule has 0 aliphatic carbocycles. The molecule has 0 saturated heterocycles. The number of aliphatic carboxylic acids is 1. The maximum absolute atomic E-state index is 10.8. The Labute approximate surface area is 154 Å². The number of carboxylic acid groups (broad SMARTS) is 1. The number of carbonyl (C=O) groups is 1. The van der Waals surface area contributed by atoms with Crippen LogP contribution in [0.1, 0.15) is 48.9 Å². The lowest BCUT2D eigenvalue weighted by Crippen LogP contribution is -2.26. The second kappa shape index (κ2) is 8.09. The van der Waals surface area contributed by atoms with Gasteiger partial charge in [-0.25, -0.2) is 4.79 Å². The van der Waals surface area contributed by atoms with Crippen LogP contribution in [0.3, 0.4) is 0 Å².